The summed E-state index contributed by atoms with van der Waals surface area (Å²) in [5.41, 5.74) is 0. The van der Waals surface area contributed by atoms with E-state index in [0.29, 0.717) is 6.42 Å². The number of carbonyl (C=O) groups excluding carboxylic acids is 2. The summed E-state index contributed by atoms with van der Waals surface area (Å²) < 4.78 is 4.77. The van der Waals surface area contributed by atoms with Crippen LogP contribution < -0.4 is 10.6 Å². The molecule has 108 valence electrons. The van der Waals surface area contributed by atoms with Crippen LogP contribution in [0.2, 0.25) is 0 Å². The second kappa shape index (κ2) is 6.51. The predicted molar refractivity (Wildman–Crippen MR) is 66.4 cm³/mol. The maximum atomic E-state index is 11.8. The van der Waals surface area contributed by atoms with Gasteiger partial charge in [-0.1, -0.05) is 13.8 Å². The number of carbonyl (C=O) groups is 3. The minimum atomic E-state index is -1.07. The van der Waals surface area contributed by atoms with E-state index >= 15 is 0 Å². The highest BCUT2D eigenvalue weighted by atomic mass is 16.5. The normalized spacial score (nSPS) is 22.7. The molecule has 1 aliphatic rings. The van der Waals surface area contributed by atoms with Crippen LogP contribution in [-0.4, -0.2) is 47.7 Å². The number of ether oxygens (including phenoxy) is 1. The van der Waals surface area contributed by atoms with E-state index in [-0.39, 0.29) is 12.5 Å². The lowest BCUT2D eigenvalue weighted by Gasteiger charge is -2.15. The van der Waals surface area contributed by atoms with Crippen molar-refractivity contribution in [1.29, 1.82) is 0 Å². The lowest BCUT2D eigenvalue weighted by atomic mass is 10.0. The molecule has 0 saturated carbocycles. The molecule has 3 atom stereocenters. The molecule has 0 aliphatic carbocycles. The molecule has 3 N–H and O–H groups in total. The van der Waals surface area contributed by atoms with E-state index in [2.05, 4.69) is 10.6 Å². The predicted octanol–water partition coefficient (Wildman–Crippen LogP) is -0.495. The van der Waals surface area contributed by atoms with Crippen LogP contribution in [0.5, 0.6) is 0 Å². The van der Waals surface area contributed by atoms with Gasteiger partial charge in [0, 0.05) is 0 Å². The van der Waals surface area contributed by atoms with Crippen molar-refractivity contribution in [1.82, 2.24) is 10.6 Å². The second-order valence-corrected chi connectivity index (χ2v) is 4.90. The van der Waals surface area contributed by atoms with Gasteiger partial charge in [0.1, 0.15) is 18.1 Å². The van der Waals surface area contributed by atoms with Gasteiger partial charge in [-0.3, -0.25) is 14.9 Å². The zero-order valence-corrected chi connectivity index (χ0v) is 11.3. The van der Waals surface area contributed by atoms with Crippen LogP contribution in [0, 0.1) is 5.92 Å². The number of carboxylic acids is 1. The molecule has 1 unspecified atom stereocenters. The average Bonchev–Trinajstić information content (AvgIpc) is 3.07. The van der Waals surface area contributed by atoms with Crippen LogP contribution in [0.15, 0.2) is 0 Å². The number of esters is 1. The molecule has 7 heteroatoms. The number of carboxylic acid groups (broad SMARTS) is 1. The number of hydrogen-bond donors (Lipinski definition) is 3. The zero-order valence-electron chi connectivity index (χ0n) is 11.3. The third-order valence-electron chi connectivity index (χ3n) is 2.73. The Balaban J connectivity index is 2.47. The van der Waals surface area contributed by atoms with Crippen LogP contribution >= 0.6 is 0 Å². The Morgan fingerprint density at radius 3 is 2.42 bits per heavy atom. The van der Waals surface area contributed by atoms with Gasteiger partial charge in [-0.05, 0) is 19.3 Å². The van der Waals surface area contributed by atoms with E-state index in [1.807, 2.05) is 13.8 Å². The van der Waals surface area contributed by atoms with Crippen molar-refractivity contribution in [2.24, 2.45) is 5.92 Å². The third kappa shape index (κ3) is 4.51. The summed E-state index contributed by atoms with van der Waals surface area (Å²) in [6.45, 7) is 5.67. The SMILES string of the molecule is CCOC(=O)[C@@H]1N[C@H]1C(=O)NC(CC(C)C)C(=O)O. The smallest absolute Gasteiger partial charge is 0.326 e. The molecule has 0 aromatic heterocycles. The van der Waals surface area contributed by atoms with Gasteiger partial charge in [-0.2, -0.15) is 0 Å². The Hall–Kier alpha value is -1.63. The minimum Gasteiger partial charge on any atom is -0.480 e. The van der Waals surface area contributed by atoms with Gasteiger partial charge < -0.3 is 15.2 Å². The molecule has 0 spiro atoms. The summed E-state index contributed by atoms with van der Waals surface area (Å²) >= 11 is 0. The second-order valence-electron chi connectivity index (χ2n) is 4.90. The van der Waals surface area contributed by atoms with Gasteiger partial charge in [-0.25, -0.2) is 4.79 Å². The molecule has 1 amide bonds. The molecular weight excluding hydrogens is 252 g/mol. The molecule has 1 fully saturated rings. The Morgan fingerprint density at radius 1 is 1.32 bits per heavy atom. The number of amides is 1. The highest BCUT2D eigenvalue weighted by Gasteiger charge is 2.49. The Bertz CT molecular complexity index is 369. The Kier molecular flexibility index (Phi) is 5.29. The molecule has 7 nitrogen and oxygen atoms in total. The molecule has 0 aromatic rings. The van der Waals surface area contributed by atoms with Crippen molar-refractivity contribution in [2.45, 2.75) is 45.3 Å². The third-order valence-corrected chi connectivity index (χ3v) is 2.73. The minimum absolute atomic E-state index is 0.148. The van der Waals surface area contributed by atoms with E-state index in [9.17, 15) is 14.4 Å². The maximum absolute atomic E-state index is 11.8. The first-order valence-electron chi connectivity index (χ1n) is 6.32. The molecule has 0 radical (unpaired) electrons. The number of nitrogens with one attached hydrogen (secondary N) is 2. The van der Waals surface area contributed by atoms with Crippen LogP contribution in [0.25, 0.3) is 0 Å². The Labute approximate surface area is 111 Å². The van der Waals surface area contributed by atoms with E-state index in [1.54, 1.807) is 6.92 Å². The fourth-order valence-electron chi connectivity index (χ4n) is 1.76. The van der Waals surface area contributed by atoms with E-state index < -0.39 is 36.0 Å². The van der Waals surface area contributed by atoms with Crippen LogP contribution in [-0.2, 0) is 19.1 Å². The fourth-order valence-corrected chi connectivity index (χ4v) is 1.76. The molecule has 19 heavy (non-hydrogen) atoms. The summed E-state index contributed by atoms with van der Waals surface area (Å²) in [6, 6.07) is -2.28. The first-order valence-corrected chi connectivity index (χ1v) is 6.32. The summed E-state index contributed by atoms with van der Waals surface area (Å²) in [4.78, 5) is 34.1. The molecule has 0 bridgehead atoms. The highest BCUT2D eigenvalue weighted by Crippen LogP contribution is 2.14. The van der Waals surface area contributed by atoms with Crippen LogP contribution in [0.3, 0.4) is 0 Å². The van der Waals surface area contributed by atoms with Crippen molar-refractivity contribution < 1.29 is 24.2 Å². The average molecular weight is 272 g/mol. The molecule has 1 heterocycles. The molecule has 0 aromatic carbocycles. The van der Waals surface area contributed by atoms with Gasteiger partial charge in [0.2, 0.25) is 5.91 Å². The van der Waals surface area contributed by atoms with Gasteiger partial charge in [0.15, 0.2) is 0 Å². The standard InChI is InChI=1S/C12H20N2O5/c1-4-19-12(18)9-8(14-9)10(15)13-7(11(16)17)5-6(2)3/h6-9,14H,4-5H2,1-3H3,(H,13,15)(H,16,17)/t7?,8-,9-/m1/s1. The topological polar surface area (TPSA) is 115 Å². The summed E-state index contributed by atoms with van der Waals surface area (Å²) in [5.74, 6) is -1.89. The molecular formula is C12H20N2O5. The van der Waals surface area contributed by atoms with Crippen molar-refractivity contribution in [3.63, 3.8) is 0 Å². The van der Waals surface area contributed by atoms with Gasteiger partial charge in [-0.15, -0.1) is 0 Å². The van der Waals surface area contributed by atoms with Gasteiger partial charge in [0.25, 0.3) is 0 Å². The summed E-state index contributed by atoms with van der Waals surface area (Å²) in [5, 5.41) is 14.1. The van der Waals surface area contributed by atoms with E-state index in [1.165, 1.54) is 0 Å². The maximum Gasteiger partial charge on any atom is 0.326 e. The van der Waals surface area contributed by atoms with Crippen molar-refractivity contribution >= 4 is 17.8 Å². The molecule has 1 aliphatic heterocycles. The number of aliphatic carboxylic acids is 1. The van der Waals surface area contributed by atoms with Crippen molar-refractivity contribution in [3.05, 3.63) is 0 Å². The van der Waals surface area contributed by atoms with Crippen molar-refractivity contribution in [2.75, 3.05) is 6.61 Å². The number of rotatable bonds is 7. The number of hydrogen-bond acceptors (Lipinski definition) is 5. The molecule has 1 rings (SSSR count). The fraction of sp³-hybridized carbons (Fsp3) is 0.750. The van der Waals surface area contributed by atoms with Crippen LogP contribution in [0.4, 0.5) is 0 Å². The van der Waals surface area contributed by atoms with Crippen LogP contribution in [0.1, 0.15) is 27.2 Å². The Morgan fingerprint density at radius 2 is 1.95 bits per heavy atom. The molecule has 1 saturated heterocycles. The van der Waals surface area contributed by atoms with Crippen molar-refractivity contribution in [3.8, 4) is 0 Å². The zero-order chi connectivity index (χ0) is 14.6. The monoisotopic (exact) mass is 272 g/mol. The largest absolute Gasteiger partial charge is 0.480 e. The van der Waals surface area contributed by atoms with E-state index in [4.69, 9.17) is 9.84 Å². The highest BCUT2D eigenvalue weighted by molar-refractivity contribution is 5.96. The first-order chi connectivity index (χ1) is 8.86. The van der Waals surface area contributed by atoms with Gasteiger partial charge >= 0.3 is 11.9 Å². The lowest BCUT2D eigenvalue weighted by Crippen LogP contribution is -2.44. The lowest BCUT2D eigenvalue weighted by molar-refractivity contribution is -0.143. The van der Waals surface area contributed by atoms with Gasteiger partial charge in [0.05, 0.1) is 6.61 Å². The summed E-state index contributed by atoms with van der Waals surface area (Å²) in [7, 11) is 0. The first kappa shape index (κ1) is 15.4. The van der Waals surface area contributed by atoms with E-state index in [0.717, 1.165) is 0 Å². The summed E-state index contributed by atoms with van der Waals surface area (Å²) in [6.07, 6.45) is 0.345. The quantitative estimate of drug-likeness (QED) is 0.425.